The van der Waals surface area contributed by atoms with Gasteiger partial charge >= 0.3 is 0 Å². The van der Waals surface area contributed by atoms with E-state index in [1.54, 1.807) is 6.92 Å². The molecule has 0 aliphatic heterocycles. The molecule has 0 saturated heterocycles. The van der Waals surface area contributed by atoms with Gasteiger partial charge in [-0.2, -0.15) is 0 Å². The van der Waals surface area contributed by atoms with E-state index in [1.165, 1.54) is 7.11 Å². The molecule has 0 amide bonds. The van der Waals surface area contributed by atoms with Crippen LogP contribution in [0.3, 0.4) is 0 Å². The summed E-state index contributed by atoms with van der Waals surface area (Å²) in [5.41, 5.74) is 0. The fourth-order valence-corrected chi connectivity index (χ4v) is 0.0481. The van der Waals surface area contributed by atoms with Crippen molar-refractivity contribution in [2.75, 3.05) is 7.11 Å². The number of allylic oxidation sites excluding steroid dienone is 1. The van der Waals surface area contributed by atoms with Gasteiger partial charge in [0.1, 0.15) is 5.76 Å². The molecule has 0 saturated carbocycles. The Labute approximate surface area is 37.1 Å². The van der Waals surface area contributed by atoms with Gasteiger partial charge in [0.25, 0.3) is 0 Å². The molecular formula is C4H7O2. The Hall–Kier alpha value is -0.660. The summed E-state index contributed by atoms with van der Waals surface area (Å²) in [5.74, 6) is 0.412. The van der Waals surface area contributed by atoms with E-state index < -0.39 is 0 Å². The van der Waals surface area contributed by atoms with Crippen LogP contribution in [0.25, 0.3) is 0 Å². The normalized spacial score (nSPS) is 11.3. The third kappa shape index (κ3) is 1.64. The minimum absolute atomic E-state index is 0.412. The van der Waals surface area contributed by atoms with E-state index in [4.69, 9.17) is 0 Å². The number of hydrogen-bond donors (Lipinski definition) is 0. The fourth-order valence-electron chi connectivity index (χ4n) is 0.0481. The van der Waals surface area contributed by atoms with Gasteiger partial charge in [-0.3, -0.25) is 5.11 Å². The second-order valence-electron chi connectivity index (χ2n) is 0.933. The Bertz CT molecular complexity index is 56.6. The van der Waals surface area contributed by atoms with E-state index in [2.05, 4.69) is 4.74 Å². The molecule has 0 N–H and O–H groups in total. The first-order valence-electron chi connectivity index (χ1n) is 1.64. The quantitative estimate of drug-likeness (QED) is 0.437. The standard InChI is InChI=1S/C4H7O2/c1-4(3-5)6-2/h3H,1-2H3/b4-3+. The van der Waals surface area contributed by atoms with Crippen LogP contribution in [0, 0.1) is 0 Å². The molecule has 0 heterocycles. The summed E-state index contributed by atoms with van der Waals surface area (Å²) in [6, 6.07) is 0. The highest BCUT2D eigenvalue weighted by Gasteiger charge is 1.76. The zero-order valence-electron chi connectivity index (χ0n) is 3.89. The maximum atomic E-state index is 9.57. The molecule has 1 radical (unpaired) electrons. The summed E-state index contributed by atoms with van der Waals surface area (Å²) in [5, 5.41) is 9.57. The summed E-state index contributed by atoms with van der Waals surface area (Å²) >= 11 is 0. The molecule has 0 atom stereocenters. The van der Waals surface area contributed by atoms with Crippen molar-refractivity contribution in [1.82, 2.24) is 0 Å². The average molecular weight is 87.1 g/mol. The zero-order valence-corrected chi connectivity index (χ0v) is 3.89. The Morgan fingerprint density at radius 2 is 2.33 bits per heavy atom. The summed E-state index contributed by atoms with van der Waals surface area (Å²) in [7, 11) is 1.46. The zero-order chi connectivity index (χ0) is 4.99. The van der Waals surface area contributed by atoms with Crippen molar-refractivity contribution in [2.24, 2.45) is 0 Å². The lowest BCUT2D eigenvalue weighted by molar-refractivity contribution is 0.251. The van der Waals surface area contributed by atoms with E-state index in [1.807, 2.05) is 0 Å². The highest BCUT2D eigenvalue weighted by atomic mass is 16.5. The third-order valence-corrected chi connectivity index (χ3v) is 0.488. The highest BCUT2D eigenvalue weighted by Crippen LogP contribution is 1.86. The Balaban J connectivity index is 3.22. The average Bonchev–Trinajstić information content (AvgIpc) is 1.65. The van der Waals surface area contributed by atoms with Crippen LogP contribution in [0.2, 0.25) is 0 Å². The van der Waals surface area contributed by atoms with Crippen LogP contribution in [0.1, 0.15) is 6.92 Å². The minimum Gasteiger partial charge on any atom is -0.498 e. The molecule has 0 fully saturated rings. The summed E-state index contributed by atoms with van der Waals surface area (Å²) in [4.78, 5) is 0. The Morgan fingerprint density at radius 1 is 1.83 bits per heavy atom. The Morgan fingerprint density at radius 3 is 2.33 bits per heavy atom. The van der Waals surface area contributed by atoms with Crippen LogP contribution in [0.15, 0.2) is 12.0 Å². The molecule has 0 aliphatic rings. The van der Waals surface area contributed by atoms with Gasteiger partial charge in [-0.05, 0) is 6.92 Å². The first-order chi connectivity index (χ1) is 2.81. The molecule has 0 aromatic carbocycles. The molecule has 0 aliphatic carbocycles. The Kier molecular flexibility index (Phi) is 2.29. The van der Waals surface area contributed by atoms with Crippen molar-refractivity contribution in [3.05, 3.63) is 12.0 Å². The first kappa shape index (κ1) is 5.34. The molecule has 2 heteroatoms. The largest absolute Gasteiger partial charge is 0.498 e. The number of ether oxygens (including phenoxy) is 1. The van der Waals surface area contributed by atoms with Crippen LogP contribution >= 0.6 is 0 Å². The van der Waals surface area contributed by atoms with Crippen molar-refractivity contribution in [3.63, 3.8) is 0 Å². The fraction of sp³-hybridized carbons (Fsp3) is 0.500. The van der Waals surface area contributed by atoms with Gasteiger partial charge in [0.05, 0.1) is 7.11 Å². The van der Waals surface area contributed by atoms with E-state index in [-0.39, 0.29) is 0 Å². The van der Waals surface area contributed by atoms with Crippen molar-refractivity contribution in [3.8, 4) is 0 Å². The lowest BCUT2D eigenvalue weighted by Gasteiger charge is -1.88. The molecule has 2 nitrogen and oxygen atoms in total. The molecule has 0 rings (SSSR count). The molecule has 0 aromatic rings. The summed E-state index contributed by atoms with van der Waals surface area (Å²) in [6.07, 6.45) is 0.667. The van der Waals surface area contributed by atoms with Crippen LogP contribution in [0.5, 0.6) is 0 Å². The molecule has 35 valence electrons. The van der Waals surface area contributed by atoms with E-state index in [0.29, 0.717) is 12.0 Å². The predicted octanol–water partition coefficient (Wildman–Crippen LogP) is 0.925. The maximum Gasteiger partial charge on any atom is 0.180 e. The summed E-state index contributed by atoms with van der Waals surface area (Å²) in [6.45, 7) is 1.60. The van der Waals surface area contributed by atoms with Crippen molar-refractivity contribution >= 4 is 0 Å². The van der Waals surface area contributed by atoms with E-state index >= 15 is 0 Å². The van der Waals surface area contributed by atoms with Gasteiger partial charge in [0.2, 0.25) is 0 Å². The van der Waals surface area contributed by atoms with Gasteiger partial charge < -0.3 is 4.74 Å². The molecular weight excluding hydrogens is 80.0 g/mol. The van der Waals surface area contributed by atoms with Crippen molar-refractivity contribution in [2.45, 2.75) is 6.92 Å². The van der Waals surface area contributed by atoms with Crippen molar-refractivity contribution < 1.29 is 9.84 Å². The monoisotopic (exact) mass is 87.0 g/mol. The van der Waals surface area contributed by atoms with Gasteiger partial charge in [-0.15, -0.1) is 0 Å². The molecule has 0 unspecified atom stereocenters. The van der Waals surface area contributed by atoms with Crippen LogP contribution in [0.4, 0.5) is 0 Å². The maximum absolute atomic E-state index is 9.57. The topological polar surface area (TPSA) is 29.1 Å². The predicted molar refractivity (Wildman–Crippen MR) is 21.5 cm³/mol. The van der Waals surface area contributed by atoms with Gasteiger partial charge in [0.15, 0.2) is 6.26 Å². The lowest BCUT2D eigenvalue weighted by Crippen LogP contribution is -1.74. The summed E-state index contributed by atoms with van der Waals surface area (Å²) < 4.78 is 4.45. The SMILES string of the molecule is CO/C(C)=C/[O]. The second kappa shape index (κ2) is 2.57. The van der Waals surface area contributed by atoms with Crippen LogP contribution in [-0.4, -0.2) is 7.11 Å². The molecule has 6 heavy (non-hydrogen) atoms. The van der Waals surface area contributed by atoms with Crippen LogP contribution in [-0.2, 0) is 9.84 Å². The number of methoxy groups -OCH3 is 1. The van der Waals surface area contributed by atoms with Crippen molar-refractivity contribution in [1.29, 1.82) is 0 Å². The smallest absolute Gasteiger partial charge is 0.180 e. The van der Waals surface area contributed by atoms with Crippen LogP contribution < -0.4 is 0 Å². The van der Waals surface area contributed by atoms with Gasteiger partial charge in [-0.1, -0.05) is 0 Å². The molecule has 0 aromatic heterocycles. The number of rotatable bonds is 1. The number of hydrogen-bond acceptors (Lipinski definition) is 1. The highest BCUT2D eigenvalue weighted by molar-refractivity contribution is 4.77. The lowest BCUT2D eigenvalue weighted by atomic mass is 10.6. The third-order valence-electron chi connectivity index (χ3n) is 0.488. The molecule has 0 spiro atoms. The first-order valence-corrected chi connectivity index (χ1v) is 1.64. The second-order valence-corrected chi connectivity index (χ2v) is 0.933. The van der Waals surface area contributed by atoms with E-state index in [0.717, 1.165) is 0 Å². The van der Waals surface area contributed by atoms with E-state index in [9.17, 15) is 5.11 Å². The molecule has 0 bridgehead atoms. The van der Waals surface area contributed by atoms with Gasteiger partial charge in [-0.25, -0.2) is 0 Å². The van der Waals surface area contributed by atoms with Gasteiger partial charge in [0, 0.05) is 0 Å². The minimum atomic E-state index is 0.412.